The third-order valence-corrected chi connectivity index (χ3v) is 8.46. The molecule has 5 nitrogen and oxygen atoms in total. The smallest absolute Gasteiger partial charge is 0.164 e. The number of aromatic nitrogens is 3. The zero-order valence-corrected chi connectivity index (χ0v) is 24.9. The number of furan rings is 2. The van der Waals surface area contributed by atoms with Crippen LogP contribution in [0, 0.1) is 0 Å². The van der Waals surface area contributed by atoms with Crippen molar-refractivity contribution in [2.24, 2.45) is 0 Å². The molecule has 0 saturated carbocycles. The van der Waals surface area contributed by atoms with Crippen LogP contribution in [0.3, 0.4) is 0 Å². The molecule has 5 heteroatoms. The summed E-state index contributed by atoms with van der Waals surface area (Å²) in [6, 6.07) is 26.0. The summed E-state index contributed by atoms with van der Waals surface area (Å²) in [7, 11) is 0. The van der Waals surface area contributed by atoms with Gasteiger partial charge in [-0.3, -0.25) is 0 Å². The molecule has 3 heterocycles. The maximum Gasteiger partial charge on any atom is 0.164 e. The normalized spacial score (nSPS) is 14.4. The maximum atomic E-state index is 9.73. The van der Waals surface area contributed by atoms with Gasteiger partial charge in [-0.2, -0.15) is 0 Å². The minimum Gasteiger partial charge on any atom is -0.456 e. The molecule has 0 aliphatic heterocycles. The van der Waals surface area contributed by atoms with Crippen molar-refractivity contribution in [3.63, 3.8) is 0 Å². The highest BCUT2D eigenvalue weighted by Gasteiger charge is 2.21. The Morgan fingerprint density at radius 1 is 0.438 bits per heavy atom. The molecule has 0 unspecified atom stereocenters. The van der Waals surface area contributed by atoms with Crippen LogP contribution in [-0.2, 0) is 0 Å². The SMILES string of the molecule is [2H]c1c([2H])c([2H])c2c(oc3c4c([2H])c([2H])c([2H])c([2H])c4c(-c4nc(-c5ccccc5)nc(-c5cc(-c6ccccc6)c6c(c5)oc5ccccc56)n4)c([2H])c32)c1[2H]. The van der Waals surface area contributed by atoms with Crippen molar-refractivity contribution in [2.75, 3.05) is 0 Å². The molecule has 0 fully saturated rings. The number of nitrogens with zero attached hydrogens (tertiary/aromatic N) is 3. The summed E-state index contributed by atoms with van der Waals surface area (Å²) in [5.74, 6) is 0.307. The minimum atomic E-state index is -0.564. The summed E-state index contributed by atoms with van der Waals surface area (Å²) in [4.78, 5) is 14.7. The molecule has 224 valence electrons. The molecule has 10 aromatic rings. The lowest BCUT2D eigenvalue weighted by Gasteiger charge is -2.12. The van der Waals surface area contributed by atoms with Gasteiger partial charge in [-0.05, 0) is 46.8 Å². The largest absolute Gasteiger partial charge is 0.456 e. The van der Waals surface area contributed by atoms with Crippen LogP contribution in [0.2, 0.25) is 0 Å². The third kappa shape index (κ3) is 4.15. The third-order valence-electron chi connectivity index (χ3n) is 8.46. The number of hydrogen-bond donors (Lipinski definition) is 0. The number of para-hydroxylation sites is 2. The average Bonchev–Trinajstić information content (AvgIpc) is 3.83. The van der Waals surface area contributed by atoms with Crippen LogP contribution >= 0.6 is 0 Å². The minimum absolute atomic E-state index is 0.0668. The van der Waals surface area contributed by atoms with Gasteiger partial charge in [-0.15, -0.1) is 0 Å². The zero-order chi connectivity index (χ0) is 39.4. The lowest BCUT2D eigenvalue weighted by atomic mass is 9.96. The van der Waals surface area contributed by atoms with E-state index in [1.165, 1.54) is 0 Å². The fourth-order valence-electron chi connectivity index (χ4n) is 6.30. The Morgan fingerprint density at radius 3 is 1.90 bits per heavy atom. The zero-order valence-electron chi connectivity index (χ0n) is 33.9. The molecular formula is C43H25N3O2. The van der Waals surface area contributed by atoms with Crippen molar-refractivity contribution in [2.45, 2.75) is 0 Å². The topological polar surface area (TPSA) is 65.0 Å². The summed E-state index contributed by atoms with van der Waals surface area (Å²) in [6.07, 6.45) is 0. The van der Waals surface area contributed by atoms with Gasteiger partial charge in [0.2, 0.25) is 0 Å². The van der Waals surface area contributed by atoms with E-state index < -0.39 is 48.3 Å². The van der Waals surface area contributed by atoms with Crippen LogP contribution in [0.5, 0.6) is 0 Å². The van der Waals surface area contributed by atoms with Gasteiger partial charge in [0.05, 0.1) is 12.3 Å². The van der Waals surface area contributed by atoms with E-state index in [1.807, 2.05) is 97.1 Å². The fourth-order valence-corrected chi connectivity index (χ4v) is 6.30. The van der Waals surface area contributed by atoms with Crippen LogP contribution < -0.4 is 0 Å². The monoisotopic (exact) mass is 624 g/mol. The molecule has 0 amide bonds. The molecule has 0 saturated heterocycles. The van der Waals surface area contributed by atoms with Crippen LogP contribution in [0.25, 0.3) is 99.9 Å². The van der Waals surface area contributed by atoms with Crippen LogP contribution in [0.1, 0.15) is 12.3 Å². The number of fused-ring (bicyclic) bond motifs is 8. The molecule has 0 aliphatic rings. The van der Waals surface area contributed by atoms with Crippen molar-refractivity contribution in [3.8, 4) is 45.3 Å². The molecular weight excluding hydrogens is 590 g/mol. The average molecular weight is 625 g/mol. The van der Waals surface area contributed by atoms with E-state index in [1.54, 1.807) is 0 Å². The van der Waals surface area contributed by atoms with Crippen molar-refractivity contribution in [1.29, 1.82) is 0 Å². The van der Waals surface area contributed by atoms with Gasteiger partial charge in [0, 0.05) is 43.6 Å². The van der Waals surface area contributed by atoms with E-state index in [4.69, 9.17) is 34.8 Å². The maximum absolute atomic E-state index is 9.73. The second-order valence-corrected chi connectivity index (χ2v) is 11.3. The molecule has 0 aliphatic carbocycles. The van der Waals surface area contributed by atoms with Gasteiger partial charge >= 0.3 is 0 Å². The van der Waals surface area contributed by atoms with Crippen molar-refractivity contribution in [1.82, 2.24) is 15.0 Å². The van der Waals surface area contributed by atoms with Crippen molar-refractivity contribution in [3.05, 3.63) is 151 Å². The van der Waals surface area contributed by atoms with Crippen LogP contribution in [-0.4, -0.2) is 15.0 Å². The number of rotatable bonds is 4. The highest BCUT2D eigenvalue weighted by atomic mass is 16.3. The molecule has 0 atom stereocenters. The van der Waals surface area contributed by atoms with E-state index in [2.05, 4.69) is 0 Å². The van der Waals surface area contributed by atoms with Gasteiger partial charge in [0.1, 0.15) is 22.3 Å². The fraction of sp³-hybridized carbons (Fsp3) is 0. The first kappa shape index (κ1) is 19.2. The Kier molecular flexibility index (Phi) is 4.18. The summed E-state index contributed by atoms with van der Waals surface area (Å²) in [6.45, 7) is 0. The number of hydrogen-bond acceptors (Lipinski definition) is 5. The summed E-state index contributed by atoms with van der Waals surface area (Å²) >= 11 is 0. The molecule has 0 bridgehead atoms. The first-order valence-electron chi connectivity index (χ1n) is 19.7. The van der Waals surface area contributed by atoms with Gasteiger partial charge in [-0.25, -0.2) is 15.0 Å². The summed E-state index contributed by atoms with van der Waals surface area (Å²) in [5.41, 5.74) is 3.70. The second kappa shape index (κ2) is 10.5. The van der Waals surface area contributed by atoms with Gasteiger partial charge in [-0.1, -0.05) is 121 Å². The summed E-state index contributed by atoms with van der Waals surface area (Å²) < 4.78 is 91.8. The number of benzene rings is 7. The van der Waals surface area contributed by atoms with E-state index in [0.29, 0.717) is 22.3 Å². The Balaban J connectivity index is 1.36. The molecule has 0 N–H and O–H groups in total. The van der Waals surface area contributed by atoms with Crippen LogP contribution in [0.15, 0.2) is 160 Å². The lowest BCUT2D eigenvalue weighted by molar-refractivity contribution is 0.669. The highest BCUT2D eigenvalue weighted by Crippen LogP contribution is 2.42. The van der Waals surface area contributed by atoms with Crippen LogP contribution in [0.4, 0.5) is 0 Å². The first-order chi connectivity index (χ1) is 27.5. The Bertz CT molecular complexity index is 3350. The second-order valence-electron chi connectivity index (χ2n) is 11.3. The molecule has 48 heavy (non-hydrogen) atoms. The standard InChI is InChI=1S/C43H25N3O2/c1-3-13-26(14-4-1)33-23-28(24-38-39(33)32-20-10-12-22-37(32)47-38)42-44-41(27-15-5-2-6-16-27)45-43(46-42)35-25-34-30-18-9-11-21-36(30)48-40(34)31-19-8-7-17-29(31)35/h1-25H/i7D,8D,9D,11D,17D,18D,19D,21D,25D. The molecule has 10 rings (SSSR count). The molecule has 7 aromatic carbocycles. The Labute approximate surface area is 287 Å². The van der Waals surface area contributed by atoms with E-state index >= 15 is 0 Å². The van der Waals surface area contributed by atoms with Crippen molar-refractivity contribution < 1.29 is 21.2 Å². The Hall–Kier alpha value is -6.59. The van der Waals surface area contributed by atoms with Crippen molar-refractivity contribution >= 4 is 54.6 Å². The summed E-state index contributed by atoms with van der Waals surface area (Å²) in [5, 5.41) is 1.43. The van der Waals surface area contributed by atoms with Gasteiger partial charge in [0.15, 0.2) is 17.5 Å². The van der Waals surface area contributed by atoms with E-state index in [-0.39, 0.29) is 61.8 Å². The van der Waals surface area contributed by atoms with Gasteiger partial charge in [0.25, 0.3) is 0 Å². The van der Waals surface area contributed by atoms with E-state index in [0.717, 1.165) is 21.9 Å². The highest BCUT2D eigenvalue weighted by molar-refractivity contribution is 6.19. The molecule has 0 radical (unpaired) electrons. The molecule has 3 aromatic heterocycles. The quantitative estimate of drug-likeness (QED) is 0.195. The Morgan fingerprint density at radius 2 is 1.08 bits per heavy atom. The molecule has 0 spiro atoms. The van der Waals surface area contributed by atoms with E-state index in [9.17, 15) is 1.37 Å². The first-order valence-corrected chi connectivity index (χ1v) is 15.2. The van der Waals surface area contributed by atoms with Gasteiger partial charge < -0.3 is 8.83 Å². The predicted molar refractivity (Wildman–Crippen MR) is 194 cm³/mol. The lowest BCUT2D eigenvalue weighted by Crippen LogP contribution is -2.01. The predicted octanol–water partition coefficient (Wildman–Crippen LogP) is 11.5.